The largest absolute Gasteiger partial charge is 0.489 e. The Kier molecular flexibility index (Phi) is 5.62. The van der Waals surface area contributed by atoms with Gasteiger partial charge in [-0.2, -0.15) is 0 Å². The molecule has 1 saturated heterocycles. The number of benzene rings is 1. The third-order valence-electron chi connectivity index (χ3n) is 4.24. The number of aliphatic carboxylic acids is 1. The van der Waals surface area contributed by atoms with Crippen LogP contribution in [0.4, 0.5) is 0 Å². The van der Waals surface area contributed by atoms with Crippen LogP contribution in [-0.2, 0) is 11.2 Å². The van der Waals surface area contributed by atoms with Gasteiger partial charge >= 0.3 is 5.97 Å². The summed E-state index contributed by atoms with van der Waals surface area (Å²) in [6.45, 7) is 3.28. The molecule has 1 aliphatic heterocycles. The summed E-state index contributed by atoms with van der Waals surface area (Å²) < 4.78 is 6.05. The third-order valence-corrected chi connectivity index (χ3v) is 4.24. The highest BCUT2D eigenvalue weighted by Gasteiger charge is 2.25. The van der Waals surface area contributed by atoms with E-state index in [9.17, 15) is 4.79 Å². The van der Waals surface area contributed by atoms with Crippen molar-refractivity contribution in [3.05, 3.63) is 29.8 Å². The summed E-state index contributed by atoms with van der Waals surface area (Å²) in [5.74, 6) is 0.102. The molecule has 2 rings (SSSR count). The summed E-state index contributed by atoms with van der Waals surface area (Å²) in [5, 5.41) is 8.69. The fraction of sp³-hybridized carbons (Fsp3) is 0.588. The zero-order valence-electron chi connectivity index (χ0n) is 12.9. The number of ether oxygens (including phenoxy) is 1. The Hall–Kier alpha value is -1.55. The van der Waals surface area contributed by atoms with E-state index in [1.165, 1.54) is 19.3 Å². The van der Waals surface area contributed by atoms with Crippen LogP contribution < -0.4 is 4.74 Å². The molecule has 0 spiro atoms. The zero-order chi connectivity index (χ0) is 15.2. The maximum Gasteiger partial charge on any atom is 0.303 e. The van der Waals surface area contributed by atoms with E-state index in [4.69, 9.17) is 9.84 Å². The van der Waals surface area contributed by atoms with Crippen molar-refractivity contribution in [1.82, 2.24) is 4.90 Å². The SMILES string of the molecule is CC(Oc1ccc(CCC(=O)O)cc1)C1CCCCN1C. The molecule has 1 fully saturated rings. The molecule has 0 radical (unpaired) electrons. The van der Waals surface area contributed by atoms with Crippen LogP contribution in [0.2, 0.25) is 0 Å². The molecule has 0 bridgehead atoms. The lowest BCUT2D eigenvalue weighted by molar-refractivity contribution is -0.136. The number of likely N-dealkylation sites (N-methyl/N-ethyl adjacent to an activating group) is 1. The molecule has 0 aliphatic carbocycles. The van der Waals surface area contributed by atoms with Gasteiger partial charge in [-0.15, -0.1) is 0 Å². The molecule has 0 saturated carbocycles. The number of hydrogen-bond acceptors (Lipinski definition) is 3. The summed E-state index contributed by atoms with van der Waals surface area (Å²) in [6, 6.07) is 8.27. The first-order valence-electron chi connectivity index (χ1n) is 7.74. The van der Waals surface area contributed by atoms with Gasteiger partial charge < -0.3 is 9.84 Å². The Bertz CT molecular complexity index is 458. The number of carbonyl (C=O) groups is 1. The van der Waals surface area contributed by atoms with Gasteiger partial charge in [0.25, 0.3) is 0 Å². The minimum Gasteiger partial charge on any atom is -0.489 e. The Morgan fingerprint density at radius 3 is 2.71 bits per heavy atom. The molecule has 1 heterocycles. The predicted octanol–water partition coefficient (Wildman–Crippen LogP) is 2.96. The van der Waals surface area contributed by atoms with Crippen molar-refractivity contribution in [1.29, 1.82) is 0 Å². The van der Waals surface area contributed by atoms with Crippen molar-refractivity contribution < 1.29 is 14.6 Å². The highest BCUT2D eigenvalue weighted by atomic mass is 16.5. The van der Waals surface area contributed by atoms with E-state index in [0.29, 0.717) is 12.5 Å². The highest BCUT2D eigenvalue weighted by Crippen LogP contribution is 2.22. The van der Waals surface area contributed by atoms with Gasteiger partial charge in [-0.25, -0.2) is 0 Å². The predicted molar refractivity (Wildman–Crippen MR) is 82.8 cm³/mol. The van der Waals surface area contributed by atoms with Gasteiger partial charge in [-0.05, 0) is 57.5 Å². The van der Waals surface area contributed by atoms with Gasteiger partial charge in [0, 0.05) is 12.5 Å². The molecule has 1 aromatic rings. The molecule has 4 nitrogen and oxygen atoms in total. The maximum absolute atomic E-state index is 10.6. The van der Waals surface area contributed by atoms with E-state index in [-0.39, 0.29) is 12.5 Å². The van der Waals surface area contributed by atoms with E-state index < -0.39 is 5.97 Å². The Morgan fingerprint density at radius 1 is 1.38 bits per heavy atom. The lowest BCUT2D eigenvalue weighted by atomic mass is 9.99. The Labute approximate surface area is 126 Å². The van der Waals surface area contributed by atoms with E-state index >= 15 is 0 Å². The lowest BCUT2D eigenvalue weighted by Gasteiger charge is -2.36. The number of carboxylic acid groups (broad SMARTS) is 1. The van der Waals surface area contributed by atoms with Gasteiger partial charge in [0.05, 0.1) is 0 Å². The molecule has 2 atom stereocenters. The third kappa shape index (κ3) is 4.74. The molecule has 1 aliphatic rings. The van der Waals surface area contributed by atoms with Crippen LogP contribution in [0, 0.1) is 0 Å². The molecular formula is C17H25NO3. The second-order valence-corrected chi connectivity index (χ2v) is 5.90. The highest BCUT2D eigenvalue weighted by molar-refractivity contribution is 5.67. The summed E-state index contributed by atoms with van der Waals surface area (Å²) in [4.78, 5) is 12.9. The fourth-order valence-electron chi connectivity index (χ4n) is 2.97. The van der Waals surface area contributed by atoms with Gasteiger partial charge in [-0.3, -0.25) is 9.69 Å². The van der Waals surface area contributed by atoms with E-state index in [2.05, 4.69) is 18.9 Å². The molecule has 21 heavy (non-hydrogen) atoms. The summed E-state index contributed by atoms with van der Waals surface area (Å²) in [5.41, 5.74) is 1.03. The molecule has 1 aromatic carbocycles. The van der Waals surface area contributed by atoms with Crippen LogP contribution in [0.5, 0.6) is 5.75 Å². The number of likely N-dealkylation sites (tertiary alicyclic amines) is 1. The average Bonchev–Trinajstić information content (AvgIpc) is 2.47. The summed E-state index contributed by atoms with van der Waals surface area (Å²) in [6.07, 6.45) is 4.64. The molecule has 0 amide bonds. The average molecular weight is 291 g/mol. The zero-order valence-corrected chi connectivity index (χ0v) is 12.9. The van der Waals surface area contributed by atoms with E-state index in [1.54, 1.807) is 0 Å². The fourth-order valence-corrected chi connectivity index (χ4v) is 2.97. The van der Waals surface area contributed by atoms with Crippen LogP contribution in [0.25, 0.3) is 0 Å². The number of piperidine rings is 1. The van der Waals surface area contributed by atoms with Crippen LogP contribution in [0.15, 0.2) is 24.3 Å². The monoisotopic (exact) mass is 291 g/mol. The molecule has 2 unspecified atom stereocenters. The smallest absolute Gasteiger partial charge is 0.303 e. The second kappa shape index (κ2) is 7.46. The number of carboxylic acids is 1. The number of nitrogens with zero attached hydrogens (tertiary/aromatic N) is 1. The van der Waals surface area contributed by atoms with Gasteiger partial charge in [0.15, 0.2) is 0 Å². The molecule has 1 N–H and O–H groups in total. The van der Waals surface area contributed by atoms with Gasteiger partial charge in [-0.1, -0.05) is 18.6 Å². The normalized spacial score (nSPS) is 21.0. The van der Waals surface area contributed by atoms with Crippen molar-refractivity contribution in [3.63, 3.8) is 0 Å². The summed E-state index contributed by atoms with van der Waals surface area (Å²) >= 11 is 0. The van der Waals surface area contributed by atoms with Gasteiger partial charge in [0.2, 0.25) is 0 Å². The maximum atomic E-state index is 10.6. The molecule has 0 aromatic heterocycles. The van der Waals surface area contributed by atoms with Crippen molar-refractivity contribution in [2.24, 2.45) is 0 Å². The Morgan fingerprint density at radius 2 is 2.10 bits per heavy atom. The van der Waals surface area contributed by atoms with Crippen LogP contribution in [0.3, 0.4) is 0 Å². The van der Waals surface area contributed by atoms with Crippen molar-refractivity contribution >= 4 is 5.97 Å². The standard InChI is InChI=1S/C17H25NO3/c1-13(16-5-3-4-12-18(16)2)21-15-9-6-14(7-10-15)8-11-17(19)20/h6-7,9-10,13,16H,3-5,8,11-12H2,1-2H3,(H,19,20). The quantitative estimate of drug-likeness (QED) is 0.875. The topological polar surface area (TPSA) is 49.8 Å². The molecule has 4 heteroatoms. The molecular weight excluding hydrogens is 266 g/mol. The minimum atomic E-state index is -0.760. The van der Waals surface area contributed by atoms with Crippen LogP contribution in [0.1, 0.15) is 38.2 Å². The second-order valence-electron chi connectivity index (χ2n) is 5.90. The molecule has 116 valence electrons. The lowest BCUT2D eigenvalue weighted by Crippen LogP contribution is -2.45. The van der Waals surface area contributed by atoms with Crippen LogP contribution >= 0.6 is 0 Å². The van der Waals surface area contributed by atoms with Crippen molar-refractivity contribution in [3.8, 4) is 5.75 Å². The van der Waals surface area contributed by atoms with Crippen molar-refractivity contribution in [2.45, 2.75) is 51.2 Å². The van der Waals surface area contributed by atoms with E-state index in [0.717, 1.165) is 17.9 Å². The first-order valence-corrected chi connectivity index (χ1v) is 7.74. The first-order chi connectivity index (χ1) is 10.1. The Balaban J connectivity index is 1.88. The number of hydrogen-bond donors (Lipinski definition) is 1. The minimum absolute atomic E-state index is 0.167. The number of aryl methyl sites for hydroxylation is 1. The van der Waals surface area contributed by atoms with Gasteiger partial charge in [0.1, 0.15) is 11.9 Å². The summed E-state index contributed by atoms with van der Waals surface area (Å²) in [7, 11) is 2.17. The number of rotatable bonds is 6. The first kappa shape index (κ1) is 15.8. The van der Waals surface area contributed by atoms with E-state index in [1.807, 2.05) is 24.3 Å². The van der Waals surface area contributed by atoms with Crippen molar-refractivity contribution in [2.75, 3.05) is 13.6 Å². The van der Waals surface area contributed by atoms with Crippen LogP contribution in [-0.4, -0.2) is 41.7 Å².